The van der Waals surface area contributed by atoms with Crippen LogP contribution in [0.3, 0.4) is 0 Å². The van der Waals surface area contributed by atoms with Crippen LogP contribution in [0.25, 0.3) is 0 Å². The van der Waals surface area contributed by atoms with Crippen molar-refractivity contribution in [1.29, 1.82) is 0 Å². The lowest BCUT2D eigenvalue weighted by atomic mass is 10.9. The molecule has 3 heteroatoms. The zero-order valence-corrected chi connectivity index (χ0v) is 4.64. The van der Waals surface area contributed by atoms with Crippen molar-refractivity contribution in [2.75, 3.05) is 20.7 Å². The molecular formula is C4H11NO2. The summed E-state index contributed by atoms with van der Waals surface area (Å²) in [7, 11) is 3.75. The molecule has 1 saturated heterocycles. The molecule has 1 heterocycles. The molecular weight excluding hydrogens is 94.0 g/mol. The molecule has 1 aliphatic rings. The molecule has 0 spiro atoms. The normalized spacial score (nSPS) is 25.3. The molecule has 0 aromatic heterocycles. The van der Waals surface area contributed by atoms with E-state index in [-0.39, 0.29) is 0 Å². The maximum absolute atomic E-state index is 7.94. The second-order valence-electron chi connectivity index (χ2n) is 1.29. The van der Waals surface area contributed by atoms with Crippen molar-refractivity contribution in [3.05, 3.63) is 0 Å². The maximum Gasteiger partial charge on any atom is 0.178 e. The van der Waals surface area contributed by atoms with Gasteiger partial charge in [0.1, 0.15) is 6.61 Å². The molecule has 0 bridgehead atoms. The summed E-state index contributed by atoms with van der Waals surface area (Å²) in [6.07, 6.45) is -0.417. The second kappa shape index (κ2) is 4.05. The monoisotopic (exact) mass is 105 g/mol. The highest BCUT2D eigenvalue weighted by Gasteiger charge is 2.16. The van der Waals surface area contributed by atoms with E-state index in [4.69, 9.17) is 5.11 Å². The van der Waals surface area contributed by atoms with Gasteiger partial charge in [-0.05, 0) is 14.1 Å². The third kappa shape index (κ3) is 10.7. The Morgan fingerprint density at radius 2 is 1.86 bits per heavy atom. The lowest BCUT2D eigenvalue weighted by Crippen LogP contribution is -1.89. The Bertz CT molecular complexity index is 36.7. The maximum atomic E-state index is 7.94. The SMILES string of the molecule is CNC.OC1CO1. The van der Waals surface area contributed by atoms with Crippen LogP contribution in [-0.2, 0) is 4.74 Å². The van der Waals surface area contributed by atoms with E-state index in [2.05, 4.69) is 10.1 Å². The first-order valence-electron chi connectivity index (χ1n) is 2.19. The summed E-state index contributed by atoms with van der Waals surface area (Å²) >= 11 is 0. The summed E-state index contributed by atoms with van der Waals surface area (Å²) in [5.41, 5.74) is 0. The molecule has 0 radical (unpaired) electrons. The van der Waals surface area contributed by atoms with E-state index in [1.807, 2.05) is 14.1 Å². The molecule has 44 valence electrons. The van der Waals surface area contributed by atoms with E-state index in [1.165, 1.54) is 0 Å². The first-order chi connectivity index (χ1) is 3.31. The van der Waals surface area contributed by atoms with Crippen LogP contribution in [-0.4, -0.2) is 32.1 Å². The Morgan fingerprint density at radius 1 is 1.71 bits per heavy atom. The van der Waals surface area contributed by atoms with Gasteiger partial charge in [0.15, 0.2) is 6.29 Å². The van der Waals surface area contributed by atoms with E-state index >= 15 is 0 Å². The van der Waals surface area contributed by atoms with E-state index < -0.39 is 6.29 Å². The molecule has 0 saturated carbocycles. The van der Waals surface area contributed by atoms with Crippen molar-refractivity contribution >= 4 is 0 Å². The Hall–Kier alpha value is -0.120. The Kier molecular flexibility index (Phi) is 3.98. The first kappa shape index (κ1) is 6.88. The fraction of sp³-hybridized carbons (Fsp3) is 1.00. The summed E-state index contributed by atoms with van der Waals surface area (Å²) in [6.45, 7) is 0.542. The van der Waals surface area contributed by atoms with Crippen LogP contribution in [0.2, 0.25) is 0 Å². The fourth-order valence-corrected chi connectivity index (χ4v) is 0.0430. The lowest BCUT2D eigenvalue weighted by Gasteiger charge is -1.59. The number of rotatable bonds is 0. The van der Waals surface area contributed by atoms with Crippen molar-refractivity contribution in [2.24, 2.45) is 0 Å². The molecule has 7 heavy (non-hydrogen) atoms. The second-order valence-corrected chi connectivity index (χ2v) is 1.29. The smallest absolute Gasteiger partial charge is 0.178 e. The van der Waals surface area contributed by atoms with Crippen LogP contribution in [0, 0.1) is 0 Å². The third-order valence-corrected chi connectivity index (χ3v) is 0.316. The number of hydrogen-bond acceptors (Lipinski definition) is 3. The van der Waals surface area contributed by atoms with Gasteiger partial charge in [0, 0.05) is 0 Å². The standard InChI is InChI=1S/C2H7N.C2H4O2/c1-3-2;3-2-1-4-2/h3H,1-2H3;2-3H,1H2. The van der Waals surface area contributed by atoms with Gasteiger partial charge in [-0.1, -0.05) is 0 Å². The summed E-state index contributed by atoms with van der Waals surface area (Å²) in [5.74, 6) is 0. The molecule has 0 aromatic rings. The quantitative estimate of drug-likeness (QED) is 0.395. The number of epoxide rings is 1. The Morgan fingerprint density at radius 3 is 1.86 bits per heavy atom. The molecule has 1 rings (SSSR count). The average molecular weight is 105 g/mol. The van der Waals surface area contributed by atoms with E-state index in [1.54, 1.807) is 0 Å². The Labute approximate surface area is 43.3 Å². The molecule has 0 aliphatic carbocycles. The van der Waals surface area contributed by atoms with Crippen molar-refractivity contribution in [1.82, 2.24) is 5.32 Å². The van der Waals surface area contributed by atoms with Gasteiger partial charge in [-0.2, -0.15) is 0 Å². The van der Waals surface area contributed by atoms with Gasteiger partial charge in [-0.15, -0.1) is 0 Å². The first-order valence-corrected chi connectivity index (χ1v) is 2.19. The van der Waals surface area contributed by atoms with Gasteiger partial charge in [-0.25, -0.2) is 0 Å². The third-order valence-electron chi connectivity index (χ3n) is 0.316. The van der Waals surface area contributed by atoms with Crippen molar-refractivity contribution in [2.45, 2.75) is 6.29 Å². The summed E-state index contributed by atoms with van der Waals surface area (Å²) in [4.78, 5) is 0. The van der Waals surface area contributed by atoms with Gasteiger partial charge in [0.05, 0.1) is 0 Å². The number of ether oxygens (including phenoxy) is 1. The molecule has 1 atom stereocenters. The Balaban J connectivity index is 0.000000110. The van der Waals surface area contributed by atoms with Crippen LogP contribution in [0.15, 0.2) is 0 Å². The minimum atomic E-state index is -0.417. The van der Waals surface area contributed by atoms with Crippen LogP contribution in [0.5, 0.6) is 0 Å². The van der Waals surface area contributed by atoms with Crippen molar-refractivity contribution in [3.63, 3.8) is 0 Å². The zero-order valence-electron chi connectivity index (χ0n) is 4.64. The van der Waals surface area contributed by atoms with Crippen LogP contribution in [0.1, 0.15) is 0 Å². The van der Waals surface area contributed by atoms with E-state index in [0.29, 0.717) is 6.61 Å². The average Bonchev–Trinajstić information content (AvgIpc) is 2.25. The summed E-state index contributed by atoms with van der Waals surface area (Å²) < 4.78 is 4.26. The largest absolute Gasteiger partial charge is 0.366 e. The highest BCUT2D eigenvalue weighted by molar-refractivity contribution is 4.48. The van der Waals surface area contributed by atoms with E-state index in [9.17, 15) is 0 Å². The predicted octanol–water partition coefficient (Wildman–Crippen LogP) is -0.829. The van der Waals surface area contributed by atoms with Gasteiger partial charge >= 0.3 is 0 Å². The fourth-order valence-electron chi connectivity index (χ4n) is 0.0430. The summed E-state index contributed by atoms with van der Waals surface area (Å²) in [6, 6.07) is 0. The number of hydrogen-bond donors (Lipinski definition) is 2. The van der Waals surface area contributed by atoms with Gasteiger partial charge in [0.2, 0.25) is 0 Å². The van der Waals surface area contributed by atoms with Gasteiger partial charge in [0.25, 0.3) is 0 Å². The van der Waals surface area contributed by atoms with Crippen LogP contribution in [0.4, 0.5) is 0 Å². The molecule has 1 unspecified atom stereocenters. The highest BCUT2D eigenvalue weighted by Crippen LogP contribution is 2.00. The highest BCUT2D eigenvalue weighted by atomic mass is 16.7. The number of aliphatic hydroxyl groups is 1. The summed E-state index contributed by atoms with van der Waals surface area (Å²) in [5, 5.41) is 10.7. The molecule has 3 nitrogen and oxygen atoms in total. The molecule has 1 fully saturated rings. The minimum Gasteiger partial charge on any atom is -0.366 e. The topological polar surface area (TPSA) is 44.8 Å². The van der Waals surface area contributed by atoms with Crippen molar-refractivity contribution in [3.8, 4) is 0 Å². The minimum absolute atomic E-state index is 0.417. The number of nitrogens with one attached hydrogen (secondary N) is 1. The number of aliphatic hydroxyl groups excluding tert-OH is 1. The predicted molar refractivity (Wildman–Crippen MR) is 26.9 cm³/mol. The lowest BCUT2D eigenvalue weighted by molar-refractivity contribution is 0.156. The van der Waals surface area contributed by atoms with Crippen LogP contribution < -0.4 is 5.32 Å². The van der Waals surface area contributed by atoms with Gasteiger partial charge in [-0.3, -0.25) is 0 Å². The van der Waals surface area contributed by atoms with E-state index in [0.717, 1.165) is 0 Å². The zero-order chi connectivity index (χ0) is 5.70. The van der Waals surface area contributed by atoms with Crippen LogP contribution >= 0.6 is 0 Å². The molecule has 2 N–H and O–H groups in total. The van der Waals surface area contributed by atoms with Gasteiger partial charge < -0.3 is 15.2 Å². The molecule has 0 amide bonds. The molecule has 0 aromatic carbocycles. The van der Waals surface area contributed by atoms with Crippen molar-refractivity contribution < 1.29 is 9.84 Å². The molecule has 1 aliphatic heterocycles.